The number of aliphatic carboxylic acids is 1. The number of carboxylic acid groups (broad SMARTS) is 1. The summed E-state index contributed by atoms with van der Waals surface area (Å²) in [5.41, 5.74) is 2.01. The number of ether oxygens (including phenoxy) is 4. The Morgan fingerprint density at radius 2 is 2.00 bits per heavy atom. The number of hydrogen-bond acceptors (Lipinski definition) is 6. The third kappa shape index (κ3) is 5.02. The van der Waals surface area contributed by atoms with Crippen molar-refractivity contribution >= 4 is 5.97 Å². The lowest BCUT2D eigenvalue weighted by Crippen LogP contribution is -2.35. The maximum absolute atomic E-state index is 9.00. The molecular formula is C20H28N2O6. The highest BCUT2D eigenvalue weighted by Crippen LogP contribution is 2.40. The summed E-state index contributed by atoms with van der Waals surface area (Å²) in [5, 5.41) is 7.42. The Hall–Kier alpha value is -2.58. The zero-order valence-corrected chi connectivity index (χ0v) is 17.0. The van der Waals surface area contributed by atoms with Crippen molar-refractivity contribution in [3.63, 3.8) is 0 Å². The minimum Gasteiger partial charge on any atom is -0.493 e. The minimum absolute atomic E-state index is 0.00407. The summed E-state index contributed by atoms with van der Waals surface area (Å²) < 4.78 is 24.4. The van der Waals surface area contributed by atoms with Gasteiger partial charge in [0.2, 0.25) is 0 Å². The van der Waals surface area contributed by atoms with E-state index >= 15 is 0 Å². The molecule has 28 heavy (non-hydrogen) atoms. The lowest BCUT2D eigenvalue weighted by molar-refractivity contribution is -0.134. The number of carbonyl (C=O) groups is 1. The van der Waals surface area contributed by atoms with E-state index in [-0.39, 0.29) is 12.1 Å². The normalized spacial score (nSPS) is 18.8. The van der Waals surface area contributed by atoms with Crippen LogP contribution in [-0.2, 0) is 14.3 Å². The second-order valence-corrected chi connectivity index (χ2v) is 6.43. The number of nitrogens with zero attached hydrogens (tertiary/aromatic N) is 2. The number of methoxy groups -OCH3 is 3. The van der Waals surface area contributed by atoms with Gasteiger partial charge in [-0.2, -0.15) is 0 Å². The molecule has 1 aliphatic rings. The van der Waals surface area contributed by atoms with Crippen LogP contribution >= 0.6 is 0 Å². The molecule has 2 atom stereocenters. The van der Waals surface area contributed by atoms with Gasteiger partial charge in [0.25, 0.3) is 5.97 Å². The Kier molecular flexibility index (Phi) is 7.83. The van der Waals surface area contributed by atoms with Crippen LogP contribution in [0.4, 0.5) is 0 Å². The van der Waals surface area contributed by atoms with Crippen LogP contribution in [0, 0.1) is 6.92 Å². The van der Waals surface area contributed by atoms with E-state index in [2.05, 4.69) is 15.6 Å². The molecule has 1 saturated heterocycles. The maximum atomic E-state index is 9.00. The summed E-state index contributed by atoms with van der Waals surface area (Å²) in [5.74, 6) is 1.41. The van der Waals surface area contributed by atoms with E-state index in [0.29, 0.717) is 18.1 Å². The largest absolute Gasteiger partial charge is 0.493 e. The van der Waals surface area contributed by atoms with Crippen LogP contribution in [0.15, 0.2) is 24.5 Å². The average molecular weight is 392 g/mol. The van der Waals surface area contributed by atoms with E-state index in [4.69, 9.17) is 28.8 Å². The summed E-state index contributed by atoms with van der Waals surface area (Å²) in [4.78, 5) is 13.6. The molecule has 1 fully saturated rings. The molecule has 0 bridgehead atoms. The van der Waals surface area contributed by atoms with Gasteiger partial charge in [-0.1, -0.05) is 0 Å². The Labute approximate surface area is 165 Å². The average Bonchev–Trinajstić information content (AvgIpc) is 3.16. The number of aryl methyl sites for hydroxylation is 1. The number of hydrogen-bond donors (Lipinski definition) is 1. The van der Waals surface area contributed by atoms with Crippen LogP contribution in [0.2, 0.25) is 0 Å². The van der Waals surface area contributed by atoms with Crippen LogP contribution in [0.5, 0.6) is 11.5 Å². The molecule has 1 aromatic carbocycles. The van der Waals surface area contributed by atoms with Gasteiger partial charge in [-0.25, -0.2) is 4.98 Å². The van der Waals surface area contributed by atoms with Crippen molar-refractivity contribution in [3.05, 3.63) is 30.1 Å². The van der Waals surface area contributed by atoms with Crippen LogP contribution in [0.25, 0.3) is 11.4 Å². The molecule has 1 aliphatic heterocycles. The van der Waals surface area contributed by atoms with Crippen LogP contribution in [0.1, 0.15) is 24.9 Å². The molecule has 1 aromatic heterocycles. The van der Waals surface area contributed by atoms with E-state index in [9.17, 15) is 0 Å². The van der Waals surface area contributed by atoms with Crippen LogP contribution < -0.4 is 9.47 Å². The predicted molar refractivity (Wildman–Crippen MR) is 104 cm³/mol. The highest BCUT2D eigenvalue weighted by molar-refractivity contribution is 5.70. The van der Waals surface area contributed by atoms with Crippen molar-refractivity contribution in [3.8, 4) is 22.9 Å². The highest BCUT2D eigenvalue weighted by atomic mass is 16.5. The predicted octanol–water partition coefficient (Wildman–Crippen LogP) is 2.94. The molecule has 0 amide bonds. The molecule has 0 radical (unpaired) electrons. The number of aromatic nitrogens is 2. The number of imidazole rings is 1. The first-order valence-electron chi connectivity index (χ1n) is 8.98. The van der Waals surface area contributed by atoms with E-state index in [1.807, 2.05) is 25.4 Å². The van der Waals surface area contributed by atoms with Crippen molar-refractivity contribution in [2.75, 3.05) is 34.5 Å². The molecule has 1 N–H and O–H groups in total. The summed E-state index contributed by atoms with van der Waals surface area (Å²) in [6, 6.07) is 4.21. The lowest BCUT2D eigenvalue weighted by atomic mass is 10.0. The van der Waals surface area contributed by atoms with E-state index in [1.165, 1.54) is 0 Å². The SMILES string of the molecule is CC(=O)O.COc1cc(C)cc(-c2nccn2[C@H]2CCOC[C@@H]2OC)c1OC. The standard InChI is InChI=1S/C18H24N2O4.C2H4O2/c1-12-9-13(17(23-4)15(10-12)21-2)18-19-6-7-20(18)14-5-8-24-11-16(14)22-3;1-2(3)4/h6-7,9-10,14,16H,5,8,11H2,1-4H3;1H3,(H,3,4)/t14-,16-;/m0./s1. The van der Waals surface area contributed by atoms with Crippen LogP contribution in [-0.4, -0.2) is 61.3 Å². The molecule has 8 heteroatoms. The van der Waals surface area contributed by atoms with E-state index in [1.54, 1.807) is 21.3 Å². The summed E-state index contributed by atoms with van der Waals surface area (Å²) >= 11 is 0. The van der Waals surface area contributed by atoms with Crippen molar-refractivity contribution in [2.24, 2.45) is 0 Å². The zero-order chi connectivity index (χ0) is 20.7. The molecule has 0 saturated carbocycles. The van der Waals surface area contributed by atoms with Crippen molar-refractivity contribution < 1.29 is 28.8 Å². The summed E-state index contributed by atoms with van der Waals surface area (Å²) in [6.45, 7) is 4.43. The first-order chi connectivity index (χ1) is 13.4. The molecule has 3 rings (SSSR count). The van der Waals surface area contributed by atoms with Gasteiger partial charge in [0.15, 0.2) is 11.5 Å². The third-order valence-corrected chi connectivity index (χ3v) is 4.46. The van der Waals surface area contributed by atoms with Gasteiger partial charge in [-0.15, -0.1) is 0 Å². The molecule has 0 aliphatic carbocycles. The fourth-order valence-electron chi connectivity index (χ4n) is 3.30. The number of benzene rings is 1. The quantitative estimate of drug-likeness (QED) is 0.836. The number of rotatable bonds is 5. The monoisotopic (exact) mass is 392 g/mol. The van der Waals surface area contributed by atoms with Crippen molar-refractivity contribution in [1.29, 1.82) is 0 Å². The Bertz CT molecular complexity index is 785. The van der Waals surface area contributed by atoms with E-state index in [0.717, 1.165) is 36.9 Å². The lowest BCUT2D eigenvalue weighted by Gasteiger charge is -2.32. The third-order valence-electron chi connectivity index (χ3n) is 4.46. The zero-order valence-electron chi connectivity index (χ0n) is 17.0. The molecule has 2 heterocycles. The van der Waals surface area contributed by atoms with Gasteiger partial charge in [0, 0.05) is 33.0 Å². The molecular weight excluding hydrogens is 364 g/mol. The molecule has 2 aromatic rings. The second kappa shape index (κ2) is 10.1. The summed E-state index contributed by atoms with van der Waals surface area (Å²) in [7, 11) is 5.02. The molecule has 154 valence electrons. The van der Waals surface area contributed by atoms with Gasteiger partial charge in [0.05, 0.1) is 32.4 Å². The topological polar surface area (TPSA) is 92.0 Å². The van der Waals surface area contributed by atoms with E-state index < -0.39 is 5.97 Å². The van der Waals surface area contributed by atoms with Gasteiger partial charge in [0.1, 0.15) is 11.9 Å². The Balaban J connectivity index is 0.000000640. The first-order valence-corrected chi connectivity index (χ1v) is 8.98. The molecule has 8 nitrogen and oxygen atoms in total. The second-order valence-electron chi connectivity index (χ2n) is 6.43. The van der Waals surface area contributed by atoms with Crippen molar-refractivity contribution in [1.82, 2.24) is 9.55 Å². The Morgan fingerprint density at radius 1 is 1.29 bits per heavy atom. The van der Waals surface area contributed by atoms with Gasteiger partial charge >= 0.3 is 0 Å². The van der Waals surface area contributed by atoms with Gasteiger partial charge in [-0.05, 0) is 31.0 Å². The number of carboxylic acids is 1. The summed E-state index contributed by atoms with van der Waals surface area (Å²) in [6.07, 6.45) is 4.69. The molecule has 0 unspecified atom stereocenters. The van der Waals surface area contributed by atoms with Crippen LogP contribution in [0.3, 0.4) is 0 Å². The fourth-order valence-corrected chi connectivity index (χ4v) is 3.30. The molecule has 0 spiro atoms. The maximum Gasteiger partial charge on any atom is 0.300 e. The fraction of sp³-hybridized carbons (Fsp3) is 0.500. The first kappa shape index (κ1) is 21.7. The van der Waals surface area contributed by atoms with Gasteiger partial charge in [-0.3, -0.25) is 4.79 Å². The van der Waals surface area contributed by atoms with Crippen molar-refractivity contribution in [2.45, 2.75) is 32.4 Å². The highest BCUT2D eigenvalue weighted by Gasteiger charge is 2.29. The minimum atomic E-state index is -0.833. The smallest absolute Gasteiger partial charge is 0.300 e. The Morgan fingerprint density at radius 3 is 2.61 bits per heavy atom. The van der Waals surface area contributed by atoms with Gasteiger partial charge < -0.3 is 28.6 Å².